The fraction of sp³-hybridized carbons (Fsp3) is 0.667. The van der Waals surface area contributed by atoms with E-state index < -0.39 is 0 Å². The number of hydrogen-bond acceptors (Lipinski definition) is 3. The molecule has 1 saturated carbocycles. The van der Waals surface area contributed by atoms with Crippen LogP contribution in [-0.4, -0.2) is 23.3 Å². The molecule has 0 unspecified atom stereocenters. The number of hydrogen-bond donors (Lipinski definition) is 0. The smallest absolute Gasteiger partial charge is 0.399 e. The number of rotatable bonds is 2. The van der Waals surface area contributed by atoms with Crippen molar-refractivity contribution in [2.24, 2.45) is 0 Å². The van der Waals surface area contributed by atoms with Gasteiger partial charge in [0.1, 0.15) is 0 Å². The Bertz CT molecular complexity index is 493. The molecule has 1 aliphatic heterocycles. The Morgan fingerprint density at radius 1 is 1.16 bits per heavy atom. The molecule has 1 aromatic rings. The molecule has 2 heterocycles. The summed E-state index contributed by atoms with van der Waals surface area (Å²) in [5.41, 5.74) is 2.83. The van der Waals surface area contributed by atoms with Crippen molar-refractivity contribution in [1.29, 1.82) is 0 Å². The highest BCUT2D eigenvalue weighted by Gasteiger charge is 2.52. The highest BCUT2D eigenvalue weighted by Crippen LogP contribution is 2.40. The molecule has 4 heteroatoms. The van der Waals surface area contributed by atoms with Gasteiger partial charge >= 0.3 is 7.12 Å². The van der Waals surface area contributed by atoms with Crippen LogP contribution in [0.4, 0.5) is 0 Å². The van der Waals surface area contributed by atoms with Crippen molar-refractivity contribution in [1.82, 2.24) is 4.98 Å². The predicted molar refractivity (Wildman–Crippen MR) is 76.7 cm³/mol. The lowest BCUT2D eigenvalue weighted by Crippen LogP contribution is -2.41. The molecule has 0 aromatic carbocycles. The summed E-state index contributed by atoms with van der Waals surface area (Å²) in [6.45, 7) is 10.4. The van der Waals surface area contributed by atoms with Crippen LogP contribution in [0.25, 0.3) is 0 Å². The molecule has 2 aliphatic rings. The molecule has 0 N–H and O–H groups in total. The van der Waals surface area contributed by atoms with Crippen LogP contribution < -0.4 is 5.46 Å². The number of aryl methyl sites for hydroxylation is 1. The van der Waals surface area contributed by atoms with E-state index in [9.17, 15) is 0 Å². The fourth-order valence-corrected chi connectivity index (χ4v) is 2.42. The lowest BCUT2D eigenvalue weighted by molar-refractivity contribution is 0.00578. The van der Waals surface area contributed by atoms with Crippen molar-refractivity contribution < 1.29 is 9.31 Å². The standard InChI is InChI=1S/C15H22BNO2/c1-10-13(8-12(9-17-10)11-6-7-11)16-18-14(2,3)15(4,5)19-16/h8-9,11H,6-7H2,1-5H3. The molecule has 0 spiro atoms. The summed E-state index contributed by atoms with van der Waals surface area (Å²) in [6, 6.07) is 2.22. The van der Waals surface area contributed by atoms with Crippen LogP contribution in [0.3, 0.4) is 0 Å². The second-order valence-corrected chi connectivity index (χ2v) is 6.81. The normalized spacial score (nSPS) is 24.8. The van der Waals surface area contributed by atoms with Crippen molar-refractivity contribution in [2.75, 3.05) is 0 Å². The molecular weight excluding hydrogens is 237 g/mol. The van der Waals surface area contributed by atoms with Crippen molar-refractivity contribution in [3.63, 3.8) is 0 Å². The van der Waals surface area contributed by atoms with E-state index in [4.69, 9.17) is 9.31 Å². The molecule has 1 saturated heterocycles. The van der Waals surface area contributed by atoms with Crippen LogP contribution in [0.5, 0.6) is 0 Å². The minimum Gasteiger partial charge on any atom is -0.399 e. The SMILES string of the molecule is Cc1ncc(C2CC2)cc1B1OC(C)(C)C(C)(C)O1. The number of pyridine rings is 1. The third-order valence-corrected chi connectivity index (χ3v) is 4.70. The van der Waals surface area contributed by atoms with E-state index in [-0.39, 0.29) is 18.3 Å². The molecule has 19 heavy (non-hydrogen) atoms. The third-order valence-electron chi connectivity index (χ3n) is 4.70. The summed E-state index contributed by atoms with van der Waals surface area (Å²) < 4.78 is 12.2. The zero-order valence-corrected chi connectivity index (χ0v) is 12.5. The Hall–Kier alpha value is -0.865. The Balaban J connectivity index is 1.92. The van der Waals surface area contributed by atoms with Gasteiger partial charge in [-0.3, -0.25) is 4.98 Å². The predicted octanol–water partition coefficient (Wildman–Crippen LogP) is 2.57. The van der Waals surface area contributed by atoms with Crippen LogP contribution in [-0.2, 0) is 9.31 Å². The first-order chi connectivity index (χ1) is 8.80. The van der Waals surface area contributed by atoms with Crippen molar-refractivity contribution >= 4 is 12.6 Å². The lowest BCUT2D eigenvalue weighted by atomic mass is 9.77. The van der Waals surface area contributed by atoms with Crippen LogP contribution in [0.1, 0.15) is 57.7 Å². The van der Waals surface area contributed by atoms with Gasteiger partial charge in [-0.2, -0.15) is 0 Å². The lowest BCUT2D eigenvalue weighted by Gasteiger charge is -2.32. The van der Waals surface area contributed by atoms with E-state index in [0.717, 1.165) is 11.2 Å². The van der Waals surface area contributed by atoms with Gasteiger partial charge in [-0.25, -0.2) is 0 Å². The van der Waals surface area contributed by atoms with Crippen molar-refractivity contribution in [3.8, 4) is 0 Å². The zero-order valence-electron chi connectivity index (χ0n) is 12.5. The van der Waals surface area contributed by atoms with E-state index in [1.54, 1.807) is 0 Å². The van der Waals surface area contributed by atoms with Crippen LogP contribution >= 0.6 is 0 Å². The zero-order chi connectivity index (χ0) is 13.8. The molecular formula is C15H22BNO2. The highest BCUT2D eigenvalue weighted by molar-refractivity contribution is 6.62. The van der Waals surface area contributed by atoms with Crippen LogP contribution in [0, 0.1) is 6.92 Å². The largest absolute Gasteiger partial charge is 0.496 e. The molecule has 0 amide bonds. The van der Waals surface area contributed by atoms with E-state index >= 15 is 0 Å². The summed E-state index contributed by atoms with van der Waals surface area (Å²) in [5, 5.41) is 0. The van der Waals surface area contributed by atoms with Gasteiger partial charge in [0.2, 0.25) is 0 Å². The van der Waals surface area contributed by atoms with Gasteiger partial charge in [-0.05, 0) is 58.9 Å². The molecule has 0 bridgehead atoms. The minimum atomic E-state index is -0.295. The second kappa shape index (κ2) is 4.06. The molecule has 3 nitrogen and oxygen atoms in total. The third kappa shape index (κ3) is 2.21. The molecule has 0 atom stereocenters. The van der Waals surface area contributed by atoms with Gasteiger partial charge < -0.3 is 9.31 Å². The average molecular weight is 259 g/mol. The molecule has 3 rings (SSSR count). The fourth-order valence-electron chi connectivity index (χ4n) is 2.42. The quantitative estimate of drug-likeness (QED) is 0.765. The van der Waals surface area contributed by atoms with E-state index in [2.05, 4.69) is 38.7 Å². The first-order valence-corrected chi connectivity index (χ1v) is 7.12. The summed E-state index contributed by atoms with van der Waals surface area (Å²) in [6.07, 6.45) is 4.57. The van der Waals surface area contributed by atoms with Gasteiger partial charge in [0.15, 0.2) is 0 Å². The number of aromatic nitrogens is 1. The monoisotopic (exact) mass is 259 g/mol. The van der Waals surface area contributed by atoms with E-state index in [1.165, 1.54) is 18.4 Å². The summed E-state index contributed by atoms with van der Waals surface area (Å²) >= 11 is 0. The topological polar surface area (TPSA) is 31.4 Å². The van der Waals surface area contributed by atoms with Gasteiger partial charge in [0, 0.05) is 17.4 Å². The molecule has 102 valence electrons. The maximum Gasteiger partial charge on any atom is 0.496 e. The maximum absolute atomic E-state index is 6.12. The number of nitrogens with zero attached hydrogens (tertiary/aromatic N) is 1. The Morgan fingerprint density at radius 2 is 1.74 bits per heavy atom. The molecule has 0 radical (unpaired) electrons. The van der Waals surface area contributed by atoms with Gasteiger partial charge in [-0.1, -0.05) is 6.07 Å². The summed E-state index contributed by atoms with van der Waals surface area (Å²) in [5.74, 6) is 0.703. The Morgan fingerprint density at radius 3 is 2.26 bits per heavy atom. The Kier molecular flexibility index (Phi) is 2.81. The molecule has 1 aliphatic carbocycles. The first-order valence-electron chi connectivity index (χ1n) is 7.12. The molecule has 2 fully saturated rings. The van der Waals surface area contributed by atoms with Crippen LogP contribution in [0.15, 0.2) is 12.3 Å². The van der Waals surface area contributed by atoms with Crippen molar-refractivity contribution in [2.45, 2.75) is 64.6 Å². The van der Waals surface area contributed by atoms with E-state index in [0.29, 0.717) is 5.92 Å². The van der Waals surface area contributed by atoms with Gasteiger partial charge in [0.25, 0.3) is 0 Å². The highest BCUT2D eigenvalue weighted by atomic mass is 16.7. The van der Waals surface area contributed by atoms with Crippen molar-refractivity contribution in [3.05, 3.63) is 23.5 Å². The Labute approximate surface area is 115 Å². The summed E-state index contributed by atoms with van der Waals surface area (Å²) in [4.78, 5) is 4.52. The minimum absolute atomic E-state index is 0.292. The van der Waals surface area contributed by atoms with Crippen LogP contribution in [0.2, 0.25) is 0 Å². The first kappa shape index (κ1) is 13.1. The van der Waals surface area contributed by atoms with Gasteiger partial charge in [0.05, 0.1) is 11.2 Å². The van der Waals surface area contributed by atoms with E-state index in [1.807, 2.05) is 13.1 Å². The second-order valence-electron chi connectivity index (χ2n) is 6.81. The average Bonchev–Trinajstić information content (AvgIpc) is 3.08. The molecule has 1 aromatic heterocycles. The summed E-state index contributed by atoms with van der Waals surface area (Å²) in [7, 11) is -0.295. The maximum atomic E-state index is 6.12. The van der Waals surface area contributed by atoms with Gasteiger partial charge in [-0.15, -0.1) is 0 Å².